The number of fused-ring (bicyclic) bond motifs is 1. The number of rotatable bonds is 3. The number of carbonyl (C=O) groups is 1. The van der Waals surface area contributed by atoms with E-state index in [0.29, 0.717) is 17.4 Å². The lowest BCUT2D eigenvalue weighted by Crippen LogP contribution is -2.41. The fourth-order valence-electron chi connectivity index (χ4n) is 3.01. The van der Waals surface area contributed by atoms with Gasteiger partial charge < -0.3 is 15.4 Å². The maximum Gasteiger partial charge on any atom is 0.272 e. The van der Waals surface area contributed by atoms with Crippen LogP contribution in [0.1, 0.15) is 18.6 Å². The van der Waals surface area contributed by atoms with Gasteiger partial charge in [-0.3, -0.25) is 4.79 Å². The Kier molecular flexibility index (Phi) is 3.89. The molecule has 1 unspecified atom stereocenters. The Morgan fingerprint density at radius 3 is 2.72 bits per heavy atom. The highest BCUT2D eigenvalue weighted by Crippen LogP contribution is 2.41. The number of benzene rings is 2. The Morgan fingerprint density at radius 2 is 2.04 bits per heavy atom. The van der Waals surface area contributed by atoms with E-state index in [1.54, 1.807) is 4.90 Å². The Labute approximate surface area is 149 Å². The molecule has 2 N–H and O–H groups in total. The molecule has 0 aliphatic carbocycles. The second-order valence-corrected chi connectivity index (χ2v) is 6.63. The molecule has 2 aromatic carbocycles. The van der Waals surface area contributed by atoms with Gasteiger partial charge in [0.15, 0.2) is 5.13 Å². The lowest BCUT2D eigenvalue weighted by molar-refractivity contribution is -0.126. The van der Waals surface area contributed by atoms with E-state index in [4.69, 9.17) is 10.5 Å². The van der Waals surface area contributed by atoms with E-state index in [9.17, 15) is 4.79 Å². The second kappa shape index (κ2) is 6.22. The first-order chi connectivity index (χ1) is 12.2. The van der Waals surface area contributed by atoms with Crippen LogP contribution in [0.2, 0.25) is 0 Å². The maximum absolute atomic E-state index is 12.9. The smallest absolute Gasteiger partial charge is 0.272 e. The fraction of sp³-hybridized carbons (Fsp3) is 0.158. The van der Waals surface area contributed by atoms with Crippen molar-refractivity contribution in [2.24, 2.45) is 0 Å². The van der Waals surface area contributed by atoms with Gasteiger partial charge in [-0.2, -0.15) is 0 Å². The van der Waals surface area contributed by atoms with Crippen LogP contribution in [0.15, 0.2) is 53.9 Å². The molecule has 0 saturated heterocycles. The number of ether oxygens (including phenoxy) is 1. The molecular weight excluding hydrogens is 334 g/mol. The standard InChI is InChI=1S/C19H17N3O2S/c1-2-22-15-10-13(14-11-25-19(20)21-14)8-9-16(15)24-17(18(22)23)12-6-4-3-5-7-12/h3-11,17H,2H2,1H3,(H2,20,21). The average Bonchev–Trinajstić information content (AvgIpc) is 3.08. The third kappa shape index (κ3) is 2.74. The number of anilines is 2. The molecule has 6 heteroatoms. The minimum Gasteiger partial charge on any atom is -0.474 e. The zero-order valence-corrected chi connectivity index (χ0v) is 14.5. The van der Waals surface area contributed by atoms with Crippen LogP contribution in [0, 0.1) is 0 Å². The van der Waals surface area contributed by atoms with Crippen LogP contribution >= 0.6 is 11.3 Å². The Bertz CT molecular complexity index is 923. The summed E-state index contributed by atoms with van der Waals surface area (Å²) in [4.78, 5) is 19.0. The first kappa shape index (κ1) is 15.7. The molecule has 4 rings (SSSR count). The lowest BCUT2D eigenvalue weighted by atomic mass is 10.0. The van der Waals surface area contributed by atoms with Crippen LogP contribution in [-0.4, -0.2) is 17.4 Å². The summed E-state index contributed by atoms with van der Waals surface area (Å²) in [5.41, 5.74) is 9.07. The molecule has 0 bridgehead atoms. The SMILES string of the molecule is CCN1C(=O)C(c2ccccc2)Oc2ccc(-c3csc(N)n3)cc21. The summed E-state index contributed by atoms with van der Waals surface area (Å²) in [5, 5.41) is 2.43. The van der Waals surface area contributed by atoms with Crippen LogP contribution in [0.5, 0.6) is 5.75 Å². The number of amides is 1. The number of nitrogen functional groups attached to an aromatic ring is 1. The van der Waals surface area contributed by atoms with E-state index in [1.807, 2.05) is 60.8 Å². The molecule has 126 valence electrons. The van der Waals surface area contributed by atoms with E-state index in [2.05, 4.69) is 4.98 Å². The highest BCUT2D eigenvalue weighted by Gasteiger charge is 2.34. The summed E-state index contributed by atoms with van der Waals surface area (Å²) < 4.78 is 6.02. The number of likely N-dealkylation sites (N-methyl/N-ethyl adjacent to an activating group) is 1. The number of thiazole rings is 1. The van der Waals surface area contributed by atoms with Crippen LogP contribution in [-0.2, 0) is 4.79 Å². The molecule has 0 saturated carbocycles. The van der Waals surface area contributed by atoms with E-state index in [0.717, 1.165) is 22.5 Å². The van der Waals surface area contributed by atoms with Crippen LogP contribution < -0.4 is 15.4 Å². The molecule has 2 heterocycles. The van der Waals surface area contributed by atoms with Crippen molar-refractivity contribution in [1.29, 1.82) is 0 Å². The van der Waals surface area contributed by atoms with E-state index >= 15 is 0 Å². The summed E-state index contributed by atoms with van der Waals surface area (Å²) in [6, 6.07) is 15.3. The highest BCUT2D eigenvalue weighted by atomic mass is 32.1. The number of nitrogens with two attached hydrogens (primary N) is 1. The zero-order valence-electron chi connectivity index (χ0n) is 13.7. The molecule has 1 amide bonds. The van der Waals surface area contributed by atoms with Crippen LogP contribution in [0.4, 0.5) is 10.8 Å². The summed E-state index contributed by atoms with van der Waals surface area (Å²) in [6.45, 7) is 2.53. The van der Waals surface area contributed by atoms with Gasteiger partial charge in [0.2, 0.25) is 6.10 Å². The predicted molar refractivity (Wildman–Crippen MR) is 99.8 cm³/mol. The van der Waals surface area contributed by atoms with Crippen LogP contribution in [0.3, 0.4) is 0 Å². The van der Waals surface area contributed by atoms with E-state index < -0.39 is 6.10 Å². The average molecular weight is 351 g/mol. The summed E-state index contributed by atoms with van der Waals surface area (Å²) in [6.07, 6.45) is -0.616. The van der Waals surface area contributed by atoms with Gasteiger partial charge in [-0.25, -0.2) is 4.98 Å². The van der Waals surface area contributed by atoms with Crippen molar-refractivity contribution >= 4 is 28.1 Å². The molecule has 0 fully saturated rings. The second-order valence-electron chi connectivity index (χ2n) is 5.74. The van der Waals surface area contributed by atoms with E-state index in [-0.39, 0.29) is 5.91 Å². The third-order valence-corrected chi connectivity index (χ3v) is 4.90. The number of aromatic nitrogens is 1. The lowest BCUT2D eigenvalue weighted by Gasteiger charge is -2.34. The van der Waals surface area contributed by atoms with Crippen molar-refractivity contribution in [3.8, 4) is 17.0 Å². The molecular formula is C19H17N3O2S. The fourth-order valence-corrected chi connectivity index (χ4v) is 3.58. The van der Waals surface area contributed by atoms with Gasteiger partial charge in [-0.1, -0.05) is 30.3 Å². The van der Waals surface area contributed by atoms with Crippen molar-refractivity contribution in [2.75, 3.05) is 17.2 Å². The van der Waals surface area contributed by atoms with Crippen molar-refractivity contribution in [3.63, 3.8) is 0 Å². The largest absolute Gasteiger partial charge is 0.474 e. The first-order valence-corrected chi connectivity index (χ1v) is 8.93. The summed E-state index contributed by atoms with van der Waals surface area (Å²) in [7, 11) is 0. The molecule has 0 radical (unpaired) electrons. The highest BCUT2D eigenvalue weighted by molar-refractivity contribution is 7.13. The zero-order chi connectivity index (χ0) is 17.4. The van der Waals surface area contributed by atoms with Crippen molar-refractivity contribution < 1.29 is 9.53 Å². The molecule has 0 spiro atoms. The first-order valence-electron chi connectivity index (χ1n) is 8.05. The Balaban J connectivity index is 1.76. The molecule has 1 aromatic heterocycles. The maximum atomic E-state index is 12.9. The van der Waals surface area contributed by atoms with Gasteiger partial charge in [0, 0.05) is 23.1 Å². The number of carbonyl (C=O) groups excluding carboxylic acids is 1. The monoisotopic (exact) mass is 351 g/mol. The topological polar surface area (TPSA) is 68.5 Å². The Morgan fingerprint density at radius 1 is 1.24 bits per heavy atom. The number of nitrogens with zero attached hydrogens (tertiary/aromatic N) is 2. The number of hydrogen-bond donors (Lipinski definition) is 1. The normalized spacial score (nSPS) is 16.4. The minimum atomic E-state index is -0.616. The molecule has 1 atom stereocenters. The van der Waals surface area contributed by atoms with Gasteiger partial charge >= 0.3 is 0 Å². The van der Waals surface area contributed by atoms with Gasteiger partial charge in [0.1, 0.15) is 5.75 Å². The molecule has 3 aromatic rings. The predicted octanol–water partition coefficient (Wildman–Crippen LogP) is 3.88. The van der Waals surface area contributed by atoms with Gasteiger partial charge in [-0.15, -0.1) is 11.3 Å². The summed E-state index contributed by atoms with van der Waals surface area (Å²) in [5.74, 6) is 0.637. The number of hydrogen-bond acceptors (Lipinski definition) is 5. The van der Waals surface area contributed by atoms with E-state index in [1.165, 1.54) is 11.3 Å². The van der Waals surface area contributed by atoms with Crippen molar-refractivity contribution in [2.45, 2.75) is 13.0 Å². The quantitative estimate of drug-likeness (QED) is 0.777. The minimum absolute atomic E-state index is 0.0591. The molecule has 5 nitrogen and oxygen atoms in total. The van der Waals surface area contributed by atoms with Gasteiger partial charge in [0.05, 0.1) is 11.4 Å². The molecule has 1 aliphatic rings. The summed E-state index contributed by atoms with van der Waals surface area (Å²) >= 11 is 1.40. The van der Waals surface area contributed by atoms with Crippen LogP contribution in [0.25, 0.3) is 11.3 Å². The van der Waals surface area contributed by atoms with Crippen molar-refractivity contribution in [1.82, 2.24) is 4.98 Å². The third-order valence-electron chi connectivity index (χ3n) is 4.22. The van der Waals surface area contributed by atoms with Crippen molar-refractivity contribution in [3.05, 3.63) is 59.5 Å². The molecule has 1 aliphatic heterocycles. The van der Waals surface area contributed by atoms with Gasteiger partial charge in [0.25, 0.3) is 5.91 Å². The van der Waals surface area contributed by atoms with Gasteiger partial charge in [-0.05, 0) is 25.1 Å². The molecule has 25 heavy (non-hydrogen) atoms. The Hall–Kier alpha value is -2.86.